The van der Waals surface area contributed by atoms with E-state index >= 15 is 0 Å². The number of hydrogen-bond donors (Lipinski definition) is 1. The number of halogens is 3. The van der Waals surface area contributed by atoms with Gasteiger partial charge in [0.2, 0.25) is 0 Å². The predicted octanol–water partition coefficient (Wildman–Crippen LogP) is 2.76. The summed E-state index contributed by atoms with van der Waals surface area (Å²) in [5, 5.41) is 0.576. The van der Waals surface area contributed by atoms with E-state index in [1.807, 2.05) is 0 Å². The second-order valence-corrected chi connectivity index (χ2v) is 3.48. The van der Waals surface area contributed by atoms with Crippen LogP contribution in [0.2, 0.25) is 0 Å². The van der Waals surface area contributed by atoms with Gasteiger partial charge in [-0.25, -0.2) is 0 Å². The van der Waals surface area contributed by atoms with Crippen LogP contribution in [-0.4, -0.2) is 17.8 Å². The summed E-state index contributed by atoms with van der Waals surface area (Å²) in [7, 11) is 0. The van der Waals surface area contributed by atoms with Gasteiger partial charge in [-0.15, -0.1) is 0 Å². The van der Waals surface area contributed by atoms with E-state index in [1.165, 1.54) is 18.3 Å². The van der Waals surface area contributed by atoms with Crippen molar-refractivity contribution in [1.82, 2.24) is 4.98 Å². The molecule has 0 saturated heterocycles. The Hall–Kier alpha value is -1.98. The molecule has 0 unspecified atom stereocenters. The summed E-state index contributed by atoms with van der Waals surface area (Å²) in [6, 6.07) is 6.02. The lowest BCUT2D eigenvalue weighted by Crippen LogP contribution is -2.19. The molecule has 2 aromatic rings. The van der Waals surface area contributed by atoms with Gasteiger partial charge in [-0.05, 0) is 24.3 Å². The fourth-order valence-corrected chi connectivity index (χ4v) is 1.40. The fourth-order valence-electron chi connectivity index (χ4n) is 1.40. The van der Waals surface area contributed by atoms with Gasteiger partial charge in [-0.3, -0.25) is 4.98 Å². The van der Waals surface area contributed by atoms with Crippen LogP contribution in [-0.2, 0) is 0 Å². The van der Waals surface area contributed by atoms with Crippen LogP contribution in [0.5, 0.6) is 5.75 Å². The van der Waals surface area contributed by atoms with E-state index in [9.17, 15) is 13.2 Å². The summed E-state index contributed by atoms with van der Waals surface area (Å²) in [5.41, 5.74) is 6.76. The lowest BCUT2D eigenvalue weighted by Gasteiger charge is -2.10. The Kier molecular flexibility index (Phi) is 2.79. The summed E-state index contributed by atoms with van der Waals surface area (Å²) in [6.45, 7) is -1.32. The number of rotatable bonds is 2. The molecule has 2 N–H and O–H groups in total. The van der Waals surface area contributed by atoms with Crippen molar-refractivity contribution in [1.29, 1.82) is 0 Å². The predicted molar refractivity (Wildman–Crippen MR) is 57.7 cm³/mol. The molecule has 0 radical (unpaired) electrons. The zero-order chi connectivity index (χ0) is 12.5. The minimum atomic E-state index is -4.35. The van der Waals surface area contributed by atoms with E-state index in [-0.39, 0.29) is 5.75 Å². The van der Waals surface area contributed by atoms with E-state index in [0.29, 0.717) is 16.6 Å². The van der Waals surface area contributed by atoms with Crippen molar-refractivity contribution >= 4 is 16.6 Å². The SMILES string of the molecule is Nc1ccnc2ccc(OCC(F)(F)F)cc12. The lowest BCUT2D eigenvalue weighted by atomic mass is 10.2. The zero-order valence-electron chi connectivity index (χ0n) is 8.66. The van der Waals surface area contributed by atoms with Crippen molar-refractivity contribution in [3.63, 3.8) is 0 Å². The topological polar surface area (TPSA) is 48.1 Å². The highest BCUT2D eigenvalue weighted by atomic mass is 19.4. The van der Waals surface area contributed by atoms with Gasteiger partial charge in [0.1, 0.15) is 5.75 Å². The first-order valence-electron chi connectivity index (χ1n) is 4.79. The number of benzene rings is 1. The Bertz CT molecular complexity index is 540. The van der Waals surface area contributed by atoms with Gasteiger partial charge in [-0.2, -0.15) is 13.2 Å². The number of aromatic nitrogens is 1. The number of anilines is 1. The Morgan fingerprint density at radius 3 is 2.71 bits per heavy atom. The molecule has 0 aliphatic heterocycles. The van der Waals surface area contributed by atoms with Gasteiger partial charge in [0.05, 0.1) is 5.52 Å². The summed E-state index contributed by atoms with van der Waals surface area (Å²) < 4.78 is 40.5. The smallest absolute Gasteiger partial charge is 0.422 e. The highest BCUT2D eigenvalue weighted by Gasteiger charge is 2.28. The van der Waals surface area contributed by atoms with E-state index in [4.69, 9.17) is 5.73 Å². The molecule has 17 heavy (non-hydrogen) atoms. The Labute approximate surface area is 95.0 Å². The van der Waals surface area contributed by atoms with Crippen molar-refractivity contribution in [2.45, 2.75) is 6.18 Å². The van der Waals surface area contributed by atoms with Crippen LogP contribution in [0.25, 0.3) is 10.9 Å². The lowest BCUT2D eigenvalue weighted by molar-refractivity contribution is -0.153. The van der Waals surface area contributed by atoms with Gasteiger partial charge in [0, 0.05) is 17.3 Å². The number of nitrogens with zero attached hydrogens (tertiary/aromatic N) is 1. The first-order chi connectivity index (χ1) is 7.96. The van der Waals surface area contributed by atoms with Crippen molar-refractivity contribution in [3.8, 4) is 5.75 Å². The largest absolute Gasteiger partial charge is 0.484 e. The zero-order valence-corrected chi connectivity index (χ0v) is 8.66. The molecule has 0 fully saturated rings. The Morgan fingerprint density at radius 1 is 1.24 bits per heavy atom. The van der Waals surface area contributed by atoms with E-state index in [2.05, 4.69) is 9.72 Å². The number of pyridine rings is 1. The third kappa shape index (κ3) is 2.77. The summed E-state index contributed by atoms with van der Waals surface area (Å²) in [4.78, 5) is 4.03. The maximum absolute atomic E-state index is 12.0. The monoisotopic (exact) mass is 242 g/mol. The third-order valence-corrected chi connectivity index (χ3v) is 2.15. The van der Waals surface area contributed by atoms with Gasteiger partial charge >= 0.3 is 6.18 Å². The van der Waals surface area contributed by atoms with Crippen LogP contribution < -0.4 is 10.5 Å². The molecule has 1 heterocycles. The number of ether oxygens (including phenoxy) is 1. The molecular formula is C11H9F3N2O. The number of alkyl halides is 3. The maximum Gasteiger partial charge on any atom is 0.422 e. The molecule has 90 valence electrons. The summed E-state index contributed by atoms with van der Waals surface area (Å²) >= 11 is 0. The molecule has 3 nitrogen and oxygen atoms in total. The van der Waals surface area contributed by atoms with Crippen molar-refractivity contribution < 1.29 is 17.9 Å². The van der Waals surface area contributed by atoms with E-state index in [0.717, 1.165) is 0 Å². The van der Waals surface area contributed by atoms with Crippen LogP contribution in [0, 0.1) is 0 Å². The molecule has 0 saturated carbocycles. The van der Waals surface area contributed by atoms with E-state index < -0.39 is 12.8 Å². The fraction of sp³-hybridized carbons (Fsp3) is 0.182. The van der Waals surface area contributed by atoms with Crippen LogP contribution >= 0.6 is 0 Å². The average molecular weight is 242 g/mol. The Morgan fingerprint density at radius 2 is 2.00 bits per heavy atom. The second kappa shape index (κ2) is 4.12. The molecule has 1 aromatic carbocycles. The van der Waals surface area contributed by atoms with Crippen LogP contribution in [0.4, 0.5) is 18.9 Å². The molecule has 6 heteroatoms. The molecule has 0 amide bonds. The summed E-state index contributed by atoms with van der Waals surface area (Å²) in [5.74, 6) is 0.120. The van der Waals surface area contributed by atoms with Gasteiger partial charge in [-0.1, -0.05) is 0 Å². The van der Waals surface area contributed by atoms with Crippen molar-refractivity contribution in [3.05, 3.63) is 30.5 Å². The van der Waals surface area contributed by atoms with Crippen molar-refractivity contribution in [2.24, 2.45) is 0 Å². The number of hydrogen-bond acceptors (Lipinski definition) is 3. The van der Waals surface area contributed by atoms with Crippen LogP contribution in [0.15, 0.2) is 30.5 Å². The Balaban J connectivity index is 2.28. The number of fused-ring (bicyclic) bond motifs is 1. The third-order valence-electron chi connectivity index (χ3n) is 2.15. The maximum atomic E-state index is 12.0. The molecule has 0 spiro atoms. The quantitative estimate of drug-likeness (QED) is 0.880. The highest BCUT2D eigenvalue weighted by Crippen LogP contribution is 2.25. The number of nitrogens with two attached hydrogens (primary N) is 1. The molecule has 0 bridgehead atoms. The average Bonchev–Trinajstić information content (AvgIpc) is 2.26. The first-order valence-corrected chi connectivity index (χ1v) is 4.79. The molecule has 2 rings (SSSR count). The van der Waals surface area contributed by atoms with Crippen LogP contribution in [0.3, 0.4) is 0 Å². The van der Waals surface area contributed by atoms with Gasteiger partial charge < -0.3 is 10.5 Å². The highest BCUT2D eigenvalue weighted by molar-refractivity contribution is 5.90. The second-order valence-electron chi connectivity index (χ2n) is 3.48. The standard InChI is InChI=1S/C11H9F3N2O/c12-11(13,14)6-17-7-1-2-10-8(5-7)9(15)3-4-16-10/h1-5H,6H2,(H2,15,16). The minimum absolute atomic E-state index is 0.120. The summed E-state index contributed by atoms with van der Waals surface area (Å²) in [6.07, 6.45) is -2.82. The molecule has 0 aliphatic rings. The molecule has 0 aliphatic carbocycles. The number of nitrogen functional groups attached to an aromatic ring is 1. The first kappa shape index (κ1) is 11.5. The minimum Gasteiger partial charge on any atom is -0.484 e. The molecule has 1 aromatic heterocycles. The molecular weight excluding hydrogens is 233 g/mol. The van der Waals surface area contributed by atoms with Crippen molar-refractivity contribution in [2.75, 3.05) is 12.3 Å². The van der Waals surface area contributed by atoms with E-state index in [1.54, 1.807) is 12.1 Å². The normalized spacial score (nSPS) is 11.7. The van der Waals surface area contributed by atoms with Gasteiger partial charge in [0.15, 0.2) is 6.61 Å². The van der Waals surface area contributed by atoms with Crippen LogP contribution in [0.1, 0.15) is 0 Å². The van der Waals surface area contributed by atoms with Gasteiger partial charge in [0.25, 0.3) is 0 Å². The molecule has 0 atom stereocenters.